The second kappa shape index (κ2) is 10.6. The molecule has 0 N–H and O–H groups in total. The Morgan fingerprint density at radius 3 is 2.00 bits per heavy atom. The van der Waals surface area contributed by atoms with E-state index in [1.54, 1.807) is 0 Å². The van der Waals surface area contributed by atoms with Crippen molar-refractivity contribution in [3.05, 3.63) is 18.1 Å². The lowest BCUT2D eigenvalue weighted by atomic mass is 10.1. The van der Waals surface area contributed by atoms with Crippen LogP contribution in [0.5, 0.6) is 0 Å². The summed E-state index contributed by atoms with van der Waals surface area (Å²) in [6.45, 7) is 8.95. The van der Waals surface area contributed by atoms with Crippen LogP contribution in [-0.2, 0) is 6.42 Å². The van der Waals surface area contributed by atoms with Gasteiger partial charge in [0.2, 0.25) is 0 Å². The zero-order chi connectivity index (χ0) is 14.6. The van der Waals surface area contributed by atoms with Gasteiger partial charge in [-0.25, -0.2) is 4.98 Å². The molecule has 114 valence electrons. The lowest BCUT2D eigenvalue weighted by Crippen LogP contribution is -2.28. The SMILES string of the molecule is CCCCCc1nccnc1N(CCCC)CCCC. The Labute approximate surface area is 124 Å². The highest BCUT2D eigenvalue weighted by Crippen LogP contribution is 2.19. The Morgan fingerprint density at radius 1 is 0.800 bits per heavy atom. The van der Waals surface area contributed by atoms with Gasteiger partial charge >= 0.3 is 0 Å². The van der Waals surface area contributed by atoms with E-state index in [9.17, 15) is 0 Å². The highest BCUT2D eigenvalue weighted by atomic mass is 15.2. The summed E-state index contributed by atoms with van der Waals surface area (Å²) >= 11 is 0. The van der Waals surface area contributed by atoms with Crippen LogP contribution in [0, 0.1) is 0 Å². The lowest BCUT2D eigenvalue weighted by molar-refractivity contribution is 0.656. The second-order valence-corrected chi connectivity index (χ2v) is 5.48. The number of nitrogens with zero attached hydrogens (tertiary/aromatic N) is 3. The molecule has 0 aliphatic heterocycles. The minimum Gasteiger partial charge on any atom is -0.355 e. The first-order valence-corrected chi connectivity index (χ1v) is 8.38. The van der Waals surface area contributed by atoms with Crippen LogP contribution in [0.2, 0.25) is 0 Å². The maximum atomic E-state index is 4.63. The Morgan fingerprint density at radius 2 is 1.40 bits per heavy atom. The van der Waals surface area contributed by atoms with Gasteiger partial charge in [-0.15, -0.1) is 0 Å². The molecule has 0 amide bonds. The first kappa shape index (κ1) is 16.9. The monoisotopic (exact) mass is 277 g/mol. The Bertz CT molecular complexity index is 344. The summed E-state index contributed by atoms with van der Waals surface area (Å²) in [7, 11) is 0. The van der Waals surface area contributed by atoms with E-state index in [0.717, 1.165) is 25.3 Å². The van der Waals surface area contributed by atoms with Gasteiger partial charge in [-0.05, 0) is 25.7 Å². The van der Waals surface area contributed by atoms with Crippen LogP contribution in [0.4, 0.5) is 5.82 Å². The summed E-state index contributed by atoms with van der Waals surface area (Å²) in [5.41, 5.74) is 1.19. The maximum Gasteiger partial charge on any atom is 0.150 e. The molecule has 0 unspecified atom stereocenters. The van der Waals surface area contributed by atoms with Crippen LogP contribution in [0.25, 0.3) is 0 Å². The molecule has 0 saturated carbocycles. The molecule has 0 aromatic carbocycles. The molecule has 1 rings (SSSR count). The topological polar surface area (TPSA) is 29.0 Å². The van der Waals surface area contributed by atoms with Crippen molar-refractivity contribution < 1.29 is 0 Å². The molecule has 0 atom stereocenters. The lowest BCUT2D eigenvalue weighted by Gasteiger charge is -2.25. The van der Waals surface area contributed by atoms with Crippen LogP contribution in [0.1, 0.15) is 71.4 Å². The zero-order valence-electron chi connectivity index (χ0n) is 13.6. The molecule has 0 aliphatic rings. The van der Waals surface area contributed by atoms with E-state index in [-0.39, 0.29) is 0 Å². The van der Waals surface area contributed by atoms with Crippen molar-refractivity contribution in [1.29, 1.82) is 0 Å². The van der Waals surface area contributed by atoms with Gasteiger partial charge in [-0.2, -0.15) is 0 Å². The summed E-state index contributed by atoms with van der Waals surface area (Å²) in [6.07, 6.45) is 13.4. The van der Waals surface area contributed by atoms with Gasteiger partial charge in [-0.3, -0.25) is 4.98 Å². The number of unbranched alkanes of at least 4 members (excludes halogenated alkanes) is 4. The molecule has 0 bridgehead atoms. The van der Waals surface area contributed by atoms with Crippen molar-refractivity contribution in [2.75, 3.05) is 18.0 Å². The van der Waals surface area contributed by atoms with Gasteiger partial charge in [0.25, 0.3) is 0 Å². The minimum atomic E-state index is 1.06. The number of aryl methyl sites for hydroxylation is 1. The molecule has 0 radical (unpaired) electrons. The first-order valence-electron chi connectivity index (χ1n) is 8.38. The van der Waals surface area contributed by atoms with Crippen LogP contribution in [0.3, 0.4) is 0 Å². The molecule has 0 spiro atoms. The third-order valence-electron chi connectivity index (χ3n) is 3.63. The number of hydrogen-bond acceptors (Lipinski definition) is 3. The van der Waals surface area contributed by atoms with Crippen LogP contribution < -0.4 is 4.90 Å². The highest BCUT2D eigenvalue weighted by Gasteiger charge is 2.12. The molecule has 1 aromatic rings. The predicted octanol–water partition coefficient (Wildman–Crippen LogP) is 4.62. The Hall–Kier alpha value is -1.12. The summed E-state index contributed by atoms with van der Waals surface area (Å²) in [5, 5.41) is 0. The Kier molecular flexibility index (Phi) is 9.01. The van der Waals surface area contributed by atoms with Crippen molar-refractivity contribution in [3.8, 4) is 0 Å². The fraction of sp³-hybridized carbons (Fsp3) is 0.765. The van der Waals surface area contributed by atoms with Crippen molar-refractivity contribution in [1.82, 2.24) is 9.97 Å². The molecule has 0 aliphatic carbocycles. The molecule has 3 nitrogen and oxygen atoms in total. The third kappa shape index (κ3) is 5.89. The summed E-state index contributed by atoms with van der Waals surface area (Å²) in [4.78, 5) is 11.7. The van der Waals surface area contributed by atoms with E-state index in [2.05, 4.69) is 35.6 Å². The minimum absolute atomic E-state index is 1.06. The normalized spacial score (nSPS) is 10.8. The average molecular weight is 277 g/mol. The van der Waals surface area contributed by atoms with E-state index in [4.69, 9.17) is 0 Å². The van der Waals surface area contributed by atoms with Gasteiger partial charge in [-0.1, -0.05) is 46.5 Å². The fourth-order valence-corrected chi connectivity index (χ4v) is 2.36. The van der Waals surface area contributed by atoms with Crippen LogP contribution in [0.15, 0.2) is 12.4 Å². The second-order valence-electron chi connectivity index (χ2n) is 5.48. The van der Waals surface area contributed by atoms with E-state index in [1.165, 1.54) is 50.6 Å². The first-order chi connectivity index (χ1) is 9.83. The molecular weight excluding hydrogens is 246 g/mol. The van der Waals surface area contributed by atoms with Gasteiger partial charge in [0.1, 0.15) is 5.82 Å². The fourth-order valence-electron chi connectivity index (χ4n) is 2.36. The van der Waals surface area contributed by atoms with E-state index < -0.39 is 0 Å². The quantitative estimate of drug-likeness (QED) is 0.553. The van der Waals surface area contributed by atoms with E-state index in [0.29, 0.717) is 0 Å². The predicted molar refractivity (Wildman–Crippen MR) is 87.3 cm³/mol. The zero-order valence-corrected chi connectivity index (χ0v) is 13.6. The number of aromatic nitrogens is 2. The Balaban J connectivity index is 2.75. The summed E-state index contributed by atoms with van der Waals surface area (Å²) in [6, 6.07) is 0. The summed E-state index contributed by atoms with van der Waals surface area (Å²) < 4.78 is 0. The maximum absolute atomic E-state index is 4.63. The molecule has 0 saturated heterocycles. The number of rotatable bonds is 11. The number of hydrogen-bond donors (Lipinski definition) is 0. The van der Waals surface area contributed by atoms with Crippen molar-refractivity contribution in [3.63, 3.8) is 0 Å². The standard InChI is InChI=1S/C17H31N3/c1-4-7-10-11-16-17(19-13-12-18-16)20(14-8-5-2)15-9-6-3/h12-13H,4-11,14-15H2,1-3H3. The molecule has 3 heteroatoms. The number of anilines is 1. The van der Waals surface area contributed by atoms with Gasteiger partial charge < -0.3 is 4.90 Å². The van der Waals surface area contributed by atoms with Crippen molar-refractivity contribution in [2.24, 2.45) is 0 Å². The van der Waals surface area contributed by atoms with Gasteiger partial charge in [0.05, 0.1) is 5.69 Å². The van der Waals surface area contributed by atoms with Gasteiger partial charge in [0.15, 0.2) is 0 Å². The smallest absolute Gasteiger partial charge is 0.150 e. The van der Waals surface area contributed by atoms with Crippen molar-refractivity contribution in [2.45, 2.75) is 72.1 Å². The van der Waals surface area contributed by atoms with Crippen LogP contribution >= 0.6 is 0 Å². The van der Waals surface area contributed by atoms with E-state index in [1.807, 2.05) is 12.4 Å². The molecule has 20 heavy (non-hydrogen) atoms. The third-order valence-corrected chi connectivity index (χ3v) is 3.63. The summed E-state index contributed by atoms with van der Waals surface area (Å²) in [5.74, 6) is 1.13. The highest BCUT2D eigenvalue weighted by molar-refractivity contribution is 5.43. The molecule has 1 heterocycles. The molecular formula is C17H31N3. The largest absolute Gasteiger partial charge is 0.355 e. The van der Waals surface area contributed by atoms with E-state index >= 15 is 0 Å². The molecule has 1 aromatic heterocycles. The van der Waals surface area contributed by atoms with Crippen molar-refractivity contribution >= 4 is 5.82 Å². The average Bonchev–Trinajstić information content (AvgIpc) is 2.48. The van der Waals surface area contributed by atoms with Crippen LogP contribution in [-0.4, -0.2) is 23.1 Å². The van der Waals surface area contributed by atoms with Gasteiger partial charge in [0, 0.05) is 25.5 Å². The molecule has 0 fully saturated rings.